The van der Waals surface area contributed by atoms with Crippen molar-refractivity contribution in [3.05, 3.63) is 18.0 Å². The average Bonchev–Trinajstić information content (AvgIpc) is 3.00. The van der Waals surface area contributed by atoms with E-state index >= 15 is 0 Å². The predicted octanol–water partition coefficient (Wildman–Crippen LogP) is 3.36. The highest BCUT2D eigenvalue weighted by atomic mass is 19.3. The Morgan fingerprint density at radius 1 is 1.38 bits per heavy atom. The van der Waals surface area contributed by atoms with Crippen LogP contribution in [0, 0.1) is 12.8 Å². The Hall–Kier alpha value is -1.66. The predicted molar refractivity (Wildman–Crippen MR) is 87.1 cm³/mol. The number of carbonyl (C=O) groups excluding carboxylic acids is 1. The molecule has 2 aliphatic rings. The number of piperidine rings is 1. The molecule has 1 atom stereocenters. The van der Waals surface area contributed by atoms with Gasteiger partial charge in [0.15, 0.2) is 0 Å². The Morgan fingerprint density at radius 3 is 2.79 bits per heavy atom. The van der Waals surface area contributed by atoms with Crippen LogP contribution in [-0.4, -0.2) is 46.3 Å². The minimum Gasteiger partial charge on any atom is -0.338 e. The summed E-state index contributed by atoms with van der Waals surface area (Å²) in [6.07, 6.45) is 6.67. The number of carbonyl (C=O) groups is 1. The van der Waals surface area contributed by atoms with Gasteiger partial charge in [-0.2, -0.15) is 5.10 Å². The molecule has 2 fully saturated rings. The first-order valence-corrected chi connectivity index (χ1v) is 8.84. The van der Waals surface area contributed by atoms with Crippen LogP contribution in [0.3, 0.4) is 0 Å². The van der Waals surface area contributed by atoms with Gasteiger partial charge in [-0.1, -0.05) is 0 Å². The summed E-state index contributed by atoms with van der Waals surface area (Å²) in [5.41, 5.74) is 1.12. The molecule has 0 spiro atoms. The highest BCUT2D eigenvalue weighted by Gasteiger charge is 2.35. The van der Waals surface area contributed by atoms with Gasteiger partial charge in [0, 0.05) is 38.7 Å². The normalized spacial score (nSPS) is 24.8. The van der Waals surface area contributed by atoms with Crippen LogP contribution in [0.5, 0.6) is 0 Å². The van der Waals surface area contributed by atoms with Crippen molar-refractivity contribution in [2.75, 3.05) is 19.6 Å². The molecule has 2 heterocycles. The Kier molecular flexibility index (Phi) is 5.06. The molecule has 0 aromatic carbocycles. The Morgan fingerprint density at radius 2 is 2.12 bits per heavy atom. The summed E-state index contributed by atoms with van der Waals surface area (Å²) in [6, 6.07) is 0.132. The number of hydrogen-bond acceptors (Lipinski definition) is 2. The van der Waals surface area contributed by atoms with E-state index in [-0.39, 0.29) is 30.8 Å². The molecule has 1 N–H and O–H groups in total. The lowest BCUT2D eigenvalue weighted by Crippen LogP contribution is -2.47. The molecule has 1 aromatic rings. The summed E-state index contributed by atoms with van der Waals surface area (Å²) >= 11 is 0. The molecule has 1 saturated heterocycles. The molecular formula is C17H26F2N4O. The molecule has 1 aliphatic heterocycles. The van der Waals surface area contributed by atoms with E-state index in [1.54, 1.807) is 0 Å². The minimum atomic E-state index is -2.51. The average molecular weight is 340 g/mol. The van der Waals surface area contributed by atoms with Crippen LogP contribution in [0.1, 0.15) is 50.1 Å². The van der Waals surface area contributed by atoms with Gasteiger partial charge in [0.1, 0.15) is 0 Å². The van der Waals surface area contributed by atoms with Crippen LogP contribution in [0.25, 0.3) is 0 Å². The van der Waals surface area contributed by atoms with Gasteiger partial charge < -0.3 is 10.2 Å². The van der Waals surface area contributed by atoms with Crippen molar-refractivity contribution in [3.8, 4) is 0 Å². The van der Waals surface area contributed by atoms with E-state index in [9.17, 15) is 13.6 Å². The molecular weight excluding hydrogens is 314 g/mol. The molecule has 134 valence electrons. The maximum atomic E-state index is 13.2. The van der Waals surface area contributed by atoms with Gasteiger partial charge in [0.2, 0.25) is 5.92 Å². The standard InChI is InChI=1S/C17H26F2N4O/c1-13-9-21-23(11-13)15-3-2-8-22(12-15)16(24)20-10-14-4-6-17(18,19)7-5-14/h9,11,14-15H,2-8,10,12H2,1H3,(H,20,24)/t15-/m0/s1. The topological polar surface area (TPSA) is 50.2 Å². The number of urea groups is 1. The highest BCUT2D eigenvalue weighted by molar-refractivity contribution is 5.74. The van der Waals surface area contributed by atoms with Crippen molar-refractivity contribution >= 4 is 6.03 Å². The zero-order valence-corrected chi connectivity index (χ0v) is 14.2. The van der Waals surface area contributed by atoms with Crippen molar-refractivity contribution in [3.63, 3.8) is 0 Å². The third kappa shape index (κ3) is 4.24. The number of aromatic nitrogens is 2. The number of likely N-dealkylation sites (tertiary alicyclic amines) is 1. The van der Waals surface area contributed by atoms with Gasteiger partial charge in [0.25, 0.3) is 0 Å². The van der Waals surface area contributed by atoms with Gasteiger partial charge in [0.05, 0.1) is 12.2 Å². The number of nitrogens with one attached hydrogen (secondary N) is 1. The zero-order valence-electron chi connectivity index (χ0n) is 14.2. The third-order valence-corrected chi connectivity index (χ3v) is 5.17. The van der Waals surface area contributed by atoms with Crippen molar-refractivity contribution in [2.45, 2.75) is 57.4 Å². The van der Waals surface area contributed by atoms with E-state index < -0.39 is 5.92 Å². The molecule has 1 aliphatic carbocycles. The van der Waals surface area contributed by atoms with Gasteiger partial charge in [-0.3, -0.25) is 4.68 Å². The summed E-state index contributed by atoms with van der Waals surface area (Å²) in [5, 5.41) is 7.29. The van der Waals surface area contributed by atoms with Crippen molar-refractivity contribution < 1.29 is 13.6 Å². The van der Waals surface area contributed by atoms with Gasteiger partial charge >= 0.3 is 6.03 Å². The Bertz CT molecular complexity index is 565. The molecule has 1 aromatic heterocycles. The molecule has 0 unspecified atom stereocenters. The van der Waals surface area contributed by atoms with Gasteiger partial charge in [-0.05, 0) is 44.1 Å². The van der Waals surface area contributed by atoms with Crippen LogP contribution in [0.4, 0.5) is 13.6 Å². The first-order valence-electron chi connectivity index (χ1n) is 8.84. The molecule has 2 amide bonds. The minimum absolute atomic E-state index is 0.0576. The maximum absolute atomic E-state index is 13.2. The van der Waals surface area contributed by atoms with Crippen LogP contribution in [0.2, 0.25) is 0 Å². The summed E-state index contributed by atoms with van der Waals surface area (Å²) in [6.45, 7) is 3.89. The fraction of sp³-hybridized carbons (Fsp3) is 0.765. The van der Waals surface area contributed by atoms with Crippen molar-refractivity contribution in [2.24, 2.45) is 5.92 Å². The van der Waals surface area contributed by atoms with Gasteiger partial charge in [-0.25, -0.2) is 13.6 Å². The monoisotopic (exact) mass is 340 g/mol. The summed E-state index contributed by atoms with van der Waals surface area (Å²) in [5.74, 6) is -2.34. The van der Waals surface area contributed by atoms with E-state index in [0.717, 1.165) is 24.9 Å². The molecule has 3 rings (SSSR count). The SMILES string of the molecule is Cc1cnn([C@H]2CCCN(C(=O)NCC3CCC(F)(F)CC3)C2)c1. The van der Waals surface area contributed by atoms with Crippen LogP contribution in [-0.2, 0) is 0 Å². The second-order valence-corrected chi connectivity index (χ2v) is 7.23. The molecule has 5 nitrogen and oxygen atoms in total. The zero-order chi connectivity index (χ0) is 17.2. The van der Waals surface area contributed by atoms with E-state index in [4.69, 9.17) is 0 Å². The van der Waals surface area contributed by atoms with Crippen LogP contribution >= 0.6 is 0 Å². The van der Waals surface area contributed by atoms with Crippen LogP contribution < -0.4 is 5.32 Å². The number of nitrogens with zero attached hydrogens (tertiary/aromatic N) is 3. The summed E-state index contributed by atoms with van der Waals surface area (Å²) in [7, 11) is 0. The van der Waals surface area contributed by atoms with Gasteiger partial charge in [-0.15, -0.1) is 0 Å². The first-order chi connectivity index (χ1) is 11.4. The summed E-state index contributed by atoms with van der Waals surface area (Å²) in [4.78, 5) is 14.2. The highest BCUT2D eigenvalue weighted by Crippen LogP contribution is 2.35. The number of halogens is 2. The number of alkyl halides is 2. The van der Waals surface area contributed by atoms with Crippen molar-refractivity contribution in [1.29, 1.82) is 0 Å². The van der Waals surface area contributed by atoms with E-state index in [1.165, 1.54) is 0 Å². The number of hydrogen-bond donors (Lipinski definition) is 1. The largest absolute Gasteiger partial charge is 0.338 e. The number of rotatable bonds is 3. The fourth-order valence-electron chi connectivity index (χ4n) is 3.64. The lowest BCUT2D eigenvalue weighted by atomic mass is 9.87. The maximum Gasteiger partial charge on any atom is 0.317 e. The second-order valence-electron chi connectivity index (χ2n) is 7.23. The smallest absolute Gasteiger partial charge is 0.317 e. The first kappa shape index (κ1) is 17.2. The van der Waals surface area contributed by atoms with E-state index in [2.05, 4.69) is 10.4 Å². The van der Waals surface area contributed by atoms with Crippen LogP contribution in [0.15, 0.2) is 12.4 Å². The number of aryl methyl sites for hydroxylation is 1. The number of amides is 2. The lowest BCUT2D eigenvalue weighted by molar-refractivity contribution is -0.0452. The second kappa shape index (κ2) is 7.07. The van der Waals surface area contributed by atoms with E-state index in [0.29, 0.717) is 25.9 Å². The Balaban J connectivity index is 1.46. The molecule has 7 heteroatoms. The summed E-state index contributed by atoms with van der Waals surface area (Å²) < 4.78 is 28.3. The lowest BCUT2D eigenvalue weighted by Gasteiger charge is -2.34. The third-order valence-electron chi connectivity index (χ3n) is 5.17. The Labute approximate surface area is 141 Å². The van der Waals surface area contributed by atoms with E-state index in [1.807, 2.05) is 28.9 Å². The molecule has 0 radical (unpaired) electrons. The molecule has 0 bridgehead atoms. The van der Waals surface area contributed by atoms with Crippen molar-refractivity contribution in [1.82, 2.24) is 20.0 Å². The molecule has 1 saturated carbocycles. The fourth-order valence-corrected chi connectivity index (χ4v) is 3.64. The molecule has 24 heavy (non-hydrogen) atoms. The quantitative estimate of drug-likeness (QED) is 0.917.